The molecule has 5 N–H and O–H groups in total. The average Bonchev–Trinajstić information content (AvgIpc) is 2.54. The van der Waals surface area contributed by atoms with Gasteiger partial charge in [0.1, 0.15) is 11.7 Å². The summed E-state index contributed by atoms with van der Waals surface area (Å²) in [6.45, 7) is 1.36. The number of carbonyl (C=O) groups excluding carboxylic acids is 2. The van der Waals surface area contributed by atoms with Crippen LogP contribution in [0.5, 0.6) is 0 Å². The van der Waals surface area contributed by atoms with Gasteiger partial charge in [0.15, 0.2) is 0 Å². The summed E-state index contributed by atoms with van der Waals surface area (Å²) in [4.78, 5) is 32.1. The predicted octanol–water partition coefficient (Wildman–Crippen LogP) is -1.36. The minimum atomic E-state index is -1.71. The van der Waals surface area contributed by atoms with Crippen LogP contribution >= 0.6 is 0 Å². The lowest BCUT2D eigenvalue weighted by atomic mass is 9.69. The standard InChI is InChI=1S/C15H23BN4O5/c1-9(21)13(20-14(22)11-8-17-5-6-18-11)15(23)19-12(16(24)25)7-10-3-2-4-10/h5-6,8-10,12-13,21,24-25H,2-4,7H2,1H3,(H,19,23)(H,20,22). The molecule has 9 nitrogen and oxygen atoms in total. The van der Waals surface area contributed by atoms with Crippen molar-refractivity contribution in [2.75, 3.05) is 0 Å². The number of hydrogen-bond acceptors (Lipinski definition) is 7. The number of hydrogen-bond donors (Lipinski definition) is 5. The molecule has 2 amide bonds. The lowest BCUT2D eigenvalue weighted by Gasteiger charge is -2.31. The Morgan fingerprint density at radius 3 is 2.52 bits per heavy atom. The summed E-state index contributed by atoms with van der Waals surface area (Å²) in [5.74, 6) is -1.86. The molecule has 0 aromatic carbocycles. The number of nitrogens with one attached hydrogen (secondary N) is 2. The summed E-state index contributed by atoms with van der Waals surface area (Å²) >= 11 is 0. The molecule has 1 saturated carbocycles. The predicted molar refractivity (Wildman–Crippen MR) is 89.0 cm³/mol. The molecule has 10 heteroatoms. The van der Waals surface area contributed by atoms with E-state index < -0.39 is 37.0 Å². The van der Waals surface area contributed by atoms with Gasteiger partial charge in [0.25, 0.3) is 5.91 Å². The summed E-state index contributed by atoms with van der Waals surface area (Å²) in [5, 5.41) is 33.7. The molecule has 1 heterocycles. The lowest BCUT2D eigenvalue weighted by molar-refractivity contribution is -0.125. The number of aromatic nitrogens is 2. The van der Waals surface area contributed by atoms with Gasteiger partial charge >= 0.3 is 7.12 Å². The maximum atomic E-state index is 12.4. The van der Waals surface area contributed by atoms with E-state index in [1.54, 1.807) is 0 Å². The second-order valence-corrected chi connectivity index (χ2v) is 6.34. The maximum Gasteiger partial charge on any atom is 0.475 e. The highest BCUT2D eigenvalue weighted by atomic mass is 16.4. The van der Waals surface area contributed by atoms with Gasteiger partial charge in [-0.25, -0.2) is 4.98 Å². The van der Waals surface area contributed by atoms with Gasteiger partial charge in [-0.3, -0.25) is 14.6 Å². The smallest absolute Gasteiger partial charge is 0.426 e. The van der Waals surface area contributed by atoms with Gasteiger partial charge in [0.2, 0.25) is 5.91 Å². The van der Waals surface area contributed by atoms with Crippen LogP contribution in [0, 0.1) is 5.92 Å². The minimum Gasteiger partial charge on any atom is -0.426 e. The first-order valence-corrected chi connectivity index (χ1v) is 8.30. The van der Waals surface area contributed by atoms with E-state index in [0.717, 1.165) is 19.3 Å². The van der Waals surface area contributed by atoms with Crippen LogP contribution < -0.4 is 10.6 Å². The minimum absolute atomic E-state index is 0.00848. The number of rotatable bonds is 8. The number of nitrogens with zero attached hydrogens (tertiary/aromatic N) is 2. The van der Waals surface area contributed by atoms with Crippen LogP contribution in [0.1, 0.15) is 43.1 Å². The molecular weight excluding hydrogens is 327 g/mol. The largest absolute Gasteiger partial charge is 0.475 e. The Bertz CT molecular complexity index is 583. The van der Waals surface area contributed by atoms with Crippen LogP contribution in [0.2, 0.25) is 0 Å². The summed E-state index contributed by atoms with van der Waals surface area (Å²) in [6, 6.07) is -1.25. The van der Waals surface area contributed by atoms with Crippen LogP contribution in [-0.2, 0) is 4.79 Å². The van der Waals surface area contributed by atoms with Crippen LogP contribution in [0.4, 0.5) is 0 Å². The molecule has 1 fully saturated rings. The van der Waals surface area contributed by atoms with Gasteiger partial charge in [-0.15, -0.1) is 0 Å². The Labute approximate surface area is 146 Å². The van der Waals surface area contributed by atoms with Gasteiger partial charge < -0.3 is 25.8 Å². The second kappa shape index (κ2) is 8.88. The normalized spacial score (nSPS) is 17.8. The first kappa shape index (κ1) is 19.3. The molecule has 3 atom stereocenters. The van der Waals surface area contributed by atoms with Crippen molar-refractivity contribution in [3.05, 3.63) is 24.3 Å². The highest BCUT2D eigenvalue weighted by molar-refractivity contribution is 6.43. The third kappa shape index (κ3) is 5.48. The van der Waals surface area contributed by atoms with Gasteiger partial charge in [-0.1, -0.05) is 19.3 Å². The third-order valence-electron chi connectivity index (χ3n) is 4.35. The van der Waals surface area contributed by atoms with Crippen molar-refractivity contribution in [1.29, 1.82) is 0 Å². The van der Waals surface area contributed by atoms with E-state index in [4.69, 9.17) is 0 Å². The number of carbonyl (C=O) groups is 2. The molecular formula is C15H23BN4O5. The van der Waals surface area contributed by atoms with Crippen LogP contribution in [-0.4, -0.2) is 62.1 Å². The molecule has 1 aromatic rings. The van der Waals surface area contributed by atoms with Crippen molar-refractivity contribution in [2.45, 2.75) is 50.7 Å². The van der Waals surface area contributed by atoms with E-state index >= 15 is 0 Å². The Hall–Kier alpha value is -2.04. The zero-order valence-electron chi connectivity index (χ0n) is 14.0. The van der Waals surface area contributed by atoms with Crippen LogP contribution in [0.15, 0.2) is 18.6 Å². The van der Waals surface area contributed by atoms with E-state index in [9.17, 15) is 24.7 Å². The fourth-order valence-corrected chi connectivity index (χ4v) is 2.65. The lowest BCUT2D eigenvalue weighted by Crippen LogP contribution is -2.57. The summed E-state index contributed by atoms with van der Waals surface area (Å²) in [7, 11) is -1.71. The van der Waals surface area contributed by atoms with Gasteiger partial charge in [0, 0.05) is 12.4 Å². The van der Waals surface area contributed by atoms with Crippen molar-refractivity contribution in [3.8, 4) is 0 Å². The SMILES string of the molecule is CC(O)C(NC(=O)c1cnccn1)C(=O)NC(CC1CCC1)B(O)O. The molecule has 25 heavy (non-hydrogen) atoms. The van der Waals surface area contributed by atoms with Gasteiger partial charge in [0.05, 0.1) is 18.2 Å². The van der Waals surface area contributed by atoms with Crippen molar-refractivity contribution in [1.82, 2.24) is 20.6 Å². The van der Waals surface area contributed by atoms with Gasteiger partial charge in [-0.05, 0) is 19.3 Å². The highest BCUT2D eigenvalue weighted by Crippen LogP contribution is 2.30. The van der Waals surface area contributed by atoms with Crippen LogP contribution in [0.25, 0.3) is 0 Å². The summed E-state index contributed by atoms with van der Waals surface area (Å²) in [5.41, 5.74) is 0.00848. The average molecular weight is 350 g/mol. The Kier molecular flexibility index (Phi) is 6.86. The second-order valence-electron chi connectivity index (χ2n) is 6.34. The number of aliphatic hydroxyl groups excluding tert-OH is 1. The fourth-order valence-electron chi connectivity index (χ4n) is 2.65. The van der Waals surface area contributed by atoms with E-state index in [2.05, 4.69) is 20.6 Å². The zero-order valence-corrected chi connectivity index (χ0v) is 14.0. The number of aliphatic hydroxyl groups is 1. The van der Waals surface area contributed by atoms with E-state index in [1.807, 2.05) is 0 Å². The van der Waals surface area contributed by atoms with E-state index in [0.29, 0.717) is 12.3 Å². The maximum absolute atomic E-state index is 12.4. The number of amides is 2. The first-order valence-electron chi connectivity index (χ1n) is 8.30. The molecule has 1 aliphatic rings. The van der Waals surface area contributed by atoms with Crippen molar-refractivity contribution >= 4 is 18.9 Å². The molecule has 0 aliphatic heterocycles. The quantitative estimate of drug-likeness (QED) is 0.364. The Balaban J connectivity index is 1.99. The monoisotopic (exact) mass is 350 g/mol. The fraction of sp³-hybridized carbons (Fsp3) is 0.600. The molecule has 136 valence electrons. The van der Waals surface area contributed by atoms with Crippen LogP contribution in [0.3, 0.4) is 0 Å². The molecule has 0 spiro atoms. The van der Waals surface area contributed by atoms with Crippen molar-refractivity contribution < 1.29 is 24.7 Å². The molecule has 0 saturated heterocycles. The van der Waals surface area contributed by atoms with Gasteiger partial charge in [-0.2, -0.15) is 0 Å². The van der Waals surface area contributed by atoms with Crippen molar-refractivity contribution in [2.24, 2.45) is 5.92 Å². The summed E-state index contributed by atoms with van der Waals surface area (Å²) < 4.78 is 0. The summed E-state index contributed by atoms with van der Waals surface area (Å²) in [6.07, 6.45) is 6.31. The topological polar surface area (TPSA) is 145 Å². The highest BCUT2D eigenvalue weighted by Gasteiger charge is 2.34. The Morgan fingerprint density at radius 1 is 1.32 bits per heavy atom. The third-order valence-corrected chi connectivity index (χ3v) is 4.35. The molecule has 0 bridgehead atoms. The van der Waals surface area contributed by atoms with Crippen molar-refractivity contribution in [3.63, 3.8) is 0 Å². The first-order chi connectivity index (χ1) is 11.9. The molecule has 2 rings (SSSR count). The van der Waals surface area contributed by atoms with E-state index in [-0.39, 0.29) is 5.69 Å². The molecule has 3 unspecified atom stereocenters. The van der Waals surface area contributed by atoms with E-state index in [1.165, 1.54) is 25.5 Å². The molecule has 1 aliphatic carbocycles. The molecule has 1 aromatic heterocycles. The zero-order chi connectivity index (χ0) is 18.4. The Morgan fingerprint density at radius 2 is 2.04 bits per heavy atom. The molecule has 0 radical (unpaired) electrons.